The van der Waals surface area contributed by atoms with E-state index >= 15 is 0 Å². The van der Waals surface area contributed by atoms with Crippen LogP contribution in [0.3, 0.4) is 0 Å². The van der Waals surface area contributed by atoms with E-state index in [9.17, 15) is 0 Å². The second-order valence-electron chi connectivity index (χ2n) is 3.28. The summed E-state index contributed by atoms with van der Waals surface area (Å²) in [6, 6.07) is 4.24. The van der Waals surface area contributed by atoms with Crippen molar-refractivity contribution in [3.8, 4) is 0 Å². The highest BCUT2D eigenvalue weighted by Crippen LogP contribution is 2.16. The normalized spacial score (nSPS) is 10.6. The van der Waals surface area contributed by atoms with Crippen molar-refractivity contribution in [1.29, 1.82) is 0 Å². The molecule has 0 unspecified atom stereocenters. The van der Waals surface area contributed by atoms with Gasteiger partial charge in [-0.15, -0.1) is 0 Å². The zero-order valence-corrected chi connectivity index (χ0v) is 7.68. The van der Waals surface area contributed by atoms with Crippen LogP contribution < -0.4 is 0 Å². The average molecular weight is 149 g/mol. The third kappa shape index (κ3) is 1.79. The van der Waals surface area contributed by atoms with Crippen LogP contribution in [0.15, 0.2) is 12.1 Å². The van der Waals surface area contributed by atoms with Gasteiger partial charge in [-0.1, -0.05) is 19.9 Å². The fourth-order valence-electron chi connectivity index (χ4n) is 1.31. The molecule has 0 radical (unpaired) electrons. The van der Waals surface area contributed by atoms with E-state index in [1.807, 2.05) is 6.92 Å². The van der Waals surface area contributed by atoms with Crippen LogP contribution in [0.25, 0.3) is 0 Å². The zero-order chi connectivity index (χ0) is 8.43. The minimum absolute atomic E-state index is 0.586. The fourth-order valence-corrected chi connectivity index (χ4v) is 1.31. The number of pyridine rings is 1. The Bertz CT molecular complexity index is 251. The van der Waals surface area contributed by atoms with Gasteiger partial charge in [-0.25, -0.2) is 0 Å². The quantitative estimate of drug-likeness (QED) is 0.598. The summed E-state index contributed by atoms with van der Waals surface area (Å²) in [6.45, 7) is 8.48. The topological polar surface area (TPSA) is 12.9 Å². The molecule has 1 aromatic rings. The van der Waals surface area contributed by atoms with Gasteiger partial charge in [0.1, 0.15) is 0 Å². The number of aryl methyl sites for hydroxylation is 2. The predicted octanol–water partition coefficient (Wildman–Crippen LogP) is 2.82. The SMILES string of the molecule is Cc1ccc(C(C)C)c(C)n1. The first-order chi connectivity index (χ1) is 5.11. The van der Waals surface area contributed by atoms with Crippen LogP contribution in [0, 0.1) is 13.8 Å². The number of nitrogens with zero attached hydrogens (tertiary/aromatic N) is 1. The molecule has 0 aliphatic carbocycles. The molecule has 1 heteroatoms. The minimum atomic E-state index is 0.586. The maximum absolute atomic E-state index is 4.39. The smallest absolute Gasteiger partial charge is 0.0410 e. The predicted molar refractivity (Wildman–Crippen MR) is 47.8 cm³/mol. The van der Waals surface area contributed by atoms with Crippen molar-refractivity contribution >= 4 is 0 Å². The zero-order valence-electron chi connectivity index (χ0n) is 7.68. The van der Waals surface area contributed by atoms with Crippen molar-refractivity contribution in [3.63, 3.8) is 0 Å². The third-order valence-electron chi connectivity index (χ3n) is 1.89. The van der Waals surface area contributed by atoms with Crippen LogP contribution in [0.2, 0.25) is 0 Å². The molecule has 1 nitrogen and oxygen atoms in total. The van der Waals surface area contributed by atoms with Gasteiger partial charge < -0.3 is 0 Å². The highest BCUT2D eigenvalue weighted by Gasteiger charge is 2.02. The van der Waals surface area contributed by atoms with E-state index < -0.39 is 0 Å². The van der Waals surface area contributed by atoms with Crippen molar-refractivity contribution in [3.05, 3.63) is 29.1 Å². The molecule has 0 bridgehead atoms. The first-order valence-corrected chi connectivity index (χ1v) is 4.05. The molecule has 0 aromatic carbocycles. The monoisotopic (exact) mass is 149 g/mol. The van der Waals surface area contributed by atoms with Gasteiger partial charge in [-0.2, -0.15) is 0 Å². The summed E-state index contributed by atoms with van der Waals surface area (Å²) < 4.78 is 0. The number of rotatable bonds is 1. The summed E-state index contributed by atoms with van der Waals surface area (Å²) in [5.41, 5.74) is 3.63. The van der Waals surface area contributed by atoms with Gasteiger partial charge >= 0.3 is 0 Å². The van der Waals surface area contributed by atoms with Gasteiger partial charge in [0.25, 0.3) is 0 Å². The molecule has 0 spiro atoms. The molecular weight excluding hydrogens is 134 g/mol. The number of aromatic nitrogens is 1. The molecule has 0 saturated carbocycles. The Balaban J connectivity index is 3.09. The number of hydrogen-bond acceptors (Lipinski definition) is 1. The largest absolute Gasteiger partial charge is 0.258 e. The van der Waals surface area contributed by atoms with E-state index in [2.05, 4.69) is 37.9 Å². The molecule has 0 amide bonds. The van der Waals surface area contributed by atoms with E-state index in [0.717, 1.165) is 5.69 Å². The Kier molecular flexibility index (Phi) is 2.28. The lowest BCUT2D eigenvalue weighted by Crippen LogP contribution is -1.95. The summed E-state index contributed by atoms with van der Waals surface area (Å²) >= 11 is 0. The third-order valence-corrected chi connectivity index (χ3v) is 1.89. The van der Waals surface area contributed by atoms with Crippen LogP contribution >= 0.6 is 0 Å². The van der Waals surface area contributed by atoms with Crippen LogP contribution in [0.4, 0.5) is 0 Å². The maximum atomic E-state index is 4.39. The van der Waals surface area contributed by atoms with Crippen molar-refractivity contribution in [2.75, 3.05) is 0 Å². The van der Waals surface area contributed by atoms with E-state index in [1.54, 1.807) is 0 Å². The van der Waals surface area contributed by atoms with E-state index in [0.29, 0.717) is 5.92 Å². The van der Waals surface area contributed by atoms with Crippen molar-refractivity contribution in [2.45, 2.75) is 33.6 Å². The Morgan fingerprint density at radius 3 is 2.27 bits per heavy atom. The van der Waals surface area contributed by atoms with Crippen molar-refractivity contribution in [1.82, 2.24) is 4.98 Å². The van der Waals surface area contributed by atoms with E-state index in [1.165, 1.54) is 11.3 Å². The Hall–Kier alpha value is -0.850. The lowest BCUT2D eigenvalue weighted by molar-refractivity contribution is 0.839. The van der Waals surface area contributed by atoms with Crippen LogP contribution in [-0.4, -0.2) is 4.98 Å². The highest BCUT2D eigenvalue weighted by molar-refractivity contribution is 5.24. The summed E-state index contributed by atoms with van der Waals surface area (Å²) in [5.74, 6) is 0.586. The lowest BCUT2D eigenvalue weighted by atomic mass is 10.0. The molecule has 1 rings (SSSR count). The lowest BCUT2D eigenvalue weighted by Gasteiger charge is -2.08. The minimum Gasteiger partial charge on any atom is -0.258 e. The van der Waals surface area contributed by atoms with Gasteiger partial charge in [-0.05, 0) is 31.4 Å². The molecule has 0 saturated heterocycles. The highest BCUT2D eigenvalue weighted by atomic mass is 14.7. The van der Waals surface area contributed by atoms with Crippen molar-refractivity contribution in [2.24, 2.45) is 0 Å². The van der Waals surface area contributed by atoms with Crippen LogP contribution in [0.5, 0.6) is 0 Å². The molecule has 0 N–H and O–H groups in total. The standard InChI is InChI=1S/C10H15N/c1-7(2)10-6-5-8(3)11-9(10)4/h5-7H,1-4H3. The Morgan fingerprint density at radius 2 is 1.82 bits per heavy atom. The molecule has 0 aliphatic heterocycles. The second kappa shape index (κ2) is 3.04. The van der Waals surface area contributed by atoms with Crippen molar-refractivity contribution < 1.29 is 0 Å². The van der Waals surface area contributed by atoms with Crippen LogP contribution in [-0.2, 0) is 0 Å². The van der Waals surface area contributed by atoms with E-state index in [4.69, 9.17) is 0 Å². The van der Waals surface area contributed by atoms with Gasteiger partial charge in [0.05, 0.1) is 0 Å². The summed E-state index contributed by atoms with van der Waals surface area (Å²) in [6.07, 6.45) is 0. The van der Waals surface area contributed by atoms with E-state index in [-0.39, 0.29) is 0 Å². The number of hydrogen-bond donors (Lipinski definition) is 0. The molecule has 1 aromatic heterocycles. The second-order valence-corrected chi connectivity index (χ2v) is 3.28. The molecule has 0 aliphatic rings. The Labute approximate surface area is 68.5 Å². The van der Waals surface area contributed by atoms with Gasteiger partial charge in [0, 0.05) is 11.4 Å². The maximum Gasteiger partial charge on any atom is 0.0410 e. The van der Waals surface area contributed by atoms with Gasteiger partial charge in [0.15, 0.2) is 0 Å². The van der Waals surface area contributed by atoms with Crippen LogP contribution in [0.1, 0.15) is 36.7 Å². The molecule has 0 atom stereocenters. The first kappa shape index (κ1) is 8.25. The summed E-state index contributed by atoms with van der Waals surface area (Å²) in [7, 11) is 0. The first-order valence-electron chi connectivity index (χ1n) is 4.05. The fraction of sp³-hybridized carbons (Fsp3) is 0.500. The molecule has 60 valence electrons. The van der Waals surface area contributed by atoms with Gasteiger partial charge in [0.2, 0.25) is 0 Å². The summed E-state index contributed by atoms with van der Waals surface area (Å²) in [4.78, 5) is 4.39. The Morgan fingerprint density at radius 1 is 1.18 bits per heavy atom. The molecular formula is C10H15N. The molecule has 1 heterocycles. The average Bonchev–Trinajstić information content (AvgIpc) is 1.85. The summed E-state index contributed by atoms with van der Waals surface area (Å²) in [5, 5.41) is 0. The molecule has 11 heavy (non-hydrogen) atoms. The molecule has 0 fully saturated rings. The van der Waals surface area contributed by atoms with Gasteiger partial charge in [-0.3, -0.25) is 4.98 Å².